The maximum Gasteiger partial charge on any atom is 0.257 e. The molecular weight excluding hydrogens is 422 g/mol. The fraction of sp³-hybridized carbons (Fsp3) is 0.409. The number of benzene rings is 2. The molecule has 0 atom stereocenters. The number of rotatable bonds is 6. The van der Waals surface area contributed by atoms with Crippen LogP contribution in [0.3, 0.4) is 0 Å². The lowest BCUT2D eigenvalue weighted by atomic mass is 10.0. The summed E-state index contributed by atoms with van der Waals surface area (Å²) < 4.78 is 27.6. The molecule has 0 aromatic heterocycles. The summed E-state index contributed by atoms with van der Waals surface area (Å²) in [6.07, 6.45) is 1.55. The van der Waals surface area contributed by atoms with Gasteiger partial charge in [0.05, 0.1) is 15.5 Å². The maximum absolute atomic E-state index is 13.1. The van der Waals surface area contributed by atoms with Crippen LogP contribution in [-0.4, -0.2) is 56.8 Å². The monoisotopic (exact) mass is 449 g/mol. The van der Waals surface area contributed by atoms with Gasteiger partial charge in [-0.05, 0) is 49.2 Å². The number of piperazine rings is 1. The molecule has 1 amide bonds. The van der Waals surface area contributed by atoms with Crippen molar-refractivity contribution < 1.29 is 13.2 Å². The van der Waals surface area contributed by atoms with Gasteiger partial charge in [0.15, 0.2) is 0 Å². The van der Waals surface area contributed by atoms with Crippen LogP contribution in [0.4, 0.5) is 5.69 Å². The summed E-state index contributed by atoms with van der Waals surface area (Å²) >= 11 is 6.28. The highest BCUT2D eigenvalue weighted by atomic mass is 35.5. The van der Waals surface area contributed by atoms with Crippen LogP contribution in [0.25, 0.3) is 0 Å². The van der Waals surface area contributed by atoms with Gasteiger partial charge in [0.1, 0.15) is 0 Å². The van der Waals surface area contributed by atoms with Crippen molar-refractivity contribution in [3.05, 3.63) is 58.1 Å². The van der Waals surface area contributed by atoms with E-state index in [2.05, 4.69) is 10.2 Å². The standard InChI is InChI=1S/C22H28ClN3O3S/c1-4-16-7-6-8-17(5-2)21(16)24-22(27)19-15-18(9-10-20(19)23)30(28,29)26-13-11-25(3)12-14-26/h6-10,15H,4-5,11-14H2,1-3H3,(H,24,27). The number of para-hydroxylation sites is 1. The zero-order chi connectivity index (χ0) is 21.9. The number of nitrogens with one attached hydrogen (secondary N) is 1. The highest BCUT2D eigenvalue weighted by Gasteiger charge is 2.28. The van der Waals surface area contributed by atoms with Crippen molar-refractivity contribution >= 4 is 33.2 Å². The summed E-state index contributed by atoms with van der Waals surface area (Å²) in [5.41, 5.74) is 2.98. The molecule has 1 aliphatic rings. The number of amides is 1. The van der Waals surface area contributed by atoms with Gasteiger partial charge in [-0.15, -0.1) is 0 Å². The number of anilines is 1. The number of carbonyl (C=O) groups is 1. The van der Waals surface area contributed by atoms with E-state index in [0.29, 0.717) is 26.2 Å². The quantitative estimate of drug-likeness (QED) is 0.730. The molecule has 1 saturated heterocycles. The molecule has 0 radical (unpaired) electrons. The number of halogens is 1. The van der Waals surface area contributed by atoms with Gasteiger partial charge >= 0.3 is 0 Å². The molecule has 2 aromatic rings. The molecule has 162 valence electrons. The largest absolute Gasteiger partial charge is 0.321 e. The molecule has 8 heteroatoms. The fourth-order valence-corrected chi connectivity index (χ4v) is 5.25. The highest BCUT2D eigenvalue weighted by molar-refractivity contribution is 7.89. The van der Waals surface area contributed by atoms with Gasteiger partial charge < -0.3 is 10.2 Å². The molecule has 0 saturated carbocycles. The lowest BCUT2D eigenvalue weighted by Gasteiger charge is -2.31. The second-order valence-corrected chi connectivity index (χ2v) is 9.81. The molecule has 0 unspecified atom stereocenters. The summed E-state index contributed by atoms with van der Waals surface area (Å²) in [5.74, 6) is -0.411. The number of hydrogen-bond acceptors (Lipinski definition) is 4. The van der Waals surface area contributed by atoms with E-state index < -0.39 is 15.9 Å². The van der Waals surface area contributed by atoms with Crippen LogP contribution >= 0.6 is 11.6 Å². The summed E-state index contributed by atoms with van der Waals surface area (Å²) in [4.78, 5) is 15.2. The Morgan fingerprint density at radius 2 is 1.63 bits per heavy atom. The van der Waals surface area contributed by atoms with Gasteiger partial charge in [-0.1, -0.05) is 43.6 Å². The first-order valence-corrected chi connectivity index (χ1v) is 12.0. The summed E-state index contributed by atoms with van der Waals surface area (Å²) in [5, 5.41) is 3.18. The minimum atomic E-state index is -3.69. The van der Waals surface area contributed by atoms with Crippen LogP contribution in [0.1, 0.15) is 35.3 Å². The average Bonchev–Trinajstić information content (AvgIpc) is 2.74. The Morgan fingerprint density at radius 1 is 1.03 bits per heavy atom. The first-order chi connectivity index (χ1) is 14.3. The predicted molar refractivity (Wildman–Crippen MR) is 121 cm³/mol. The van der Waals surface area contributed by atoms with E-state index in [0.717, 1.165) is 29.7 Å². The highest BCUT2D eigenvalue weighted by Crippen LogP contribution is 2.27. The molecule has 3 rings (SSSR count). The van der Waals surface area contributed by atoms with Crippen LogP contribution in [0.15, 0.2) is 41.3 Å². The lowest BCUT2D eigenvalue weighted by molar-refractivity contribution is 0.102. The SMILES string of the molecule is CCc1cccc(CC)c1NC(=O)c1cc(S(=O)(=O)N2CCN(C)CC2)ccc1Cl. The Bertz CT molecular complexity index is 1010. The number of sulfonamides is 1. The third-order valence-electron chi connectivity index (χ3n) is 5.52. The molecule has 2 aromatic carbocycles. The van der Waals surface area contributed by atoms with Crippen LogP contribution < -0.4 is 5.32 Å². The van der Waals surface area contributed by atoms with Crippen molar-refractivity contribution in [2.75, 3.05) is 38.5 Å². The Balaban J connectivity index is 1.92. The molecule has 1 aliphatic heterocycles. The van der Waals surface area contributed by atoms with Gasteiger partial charge in [-0.25, -0.2) is 8.42 Å². The Labute approximate surface area is 183 Å². The van der Waals surface area contributed by atoms with E-state index in [1.54, 1.807) is 0 Å². The number of aryl methyl sites for hydroxylation is 2. The van der Waals surface area contributed by atoms with Crippen LogP contribution in [0, 0.1) is 0 Å². The smallest absolute Gasteiger partial charge is 0.257 e. The molecular formula is C22H28ClN3O3S. The van der Waals surface area contributed by atoms with Crippen molar-refractivity contribution in [3.63, 3.8) is 0 Å². The van der Waals surface area contributed by atoms with E-state index in [4.69, 9.17) is 11.6 Å². The summed E-state index contributed by atoms with van der Waals surface area (Å²) in [6, 6.07) is 10.3. The van der Waals surface area contributed by atoms with Gasteiger partial charge in [-0.2, -0.15) is 4.31 Å². The van der Waals surface area contributed by atoms with Crippen molar-refractivity contribution in [1.29, 1.82) is 0 Å². The van der Waals surface area contributed by atoms with Gasteiger partial charge in [0.25, 0.3) is 5.91 Å². The molecule has 6 nitrogen and oxygen atoms in total. The van der Waals surface area contributed by atoms with E-state index in [9.17, 15) is 13.2 Å². The van der Waals surface area contributed by atoms with E-state index in [-0.39, 0.29) is 15.5 Å². The molecule has 0 aliphatic carbocycles. The van der Waals surface area contributed by atoms with Gasteiger partial charge in [0, 0.05) is 31.9 Å². The Hall–Kier alpha value is -1.93. The zero-order valence-electron chi connectivity index (χ0n) is 17.6. The lowest BCUT2D eigenvalue weighted by Crippen LogP contribution is -2.47. The second-order valence-electron chi connectivity index (χ2n) is 7.46. The fourth-order valence-electron chi connectivity index (χ4n) is 3.60. The normalized spacial score (nSPS) is 15.9. The molecule has 1 fully saturated rings. The number of hydrogen-bond donors (Lipinski definition) is 1. The third-order valence-corrected chi connectivity index (χ3v) is 7.74. The minimum absolute atomic E-state index is 0.0843. The number of carbonyl (C=O) groups excluding carboxylic acids is 1. The first-order valence-electron chi connectivity index (χ1n) is 10.2. The molecule has 0 bridgehead atoms. The van der Waals surface area contributed by atoms with Crippen LogP contribution in [0.2, 0.25) is 5.02 Å². The first kappa shape index (κ1) is 22.7. The summed E-state index contributed by atoms with van der Waals surface area (Å²) in [7, 11) is -1.72. The van der Waals surface area contributed by atoms with E-state index in [1.165, 1.54) is 22.5 Å². The van der Waals surface area contributed by atoms with E-state index in [1.807, 2.05) is 39.1 Å². The van der Waals surface area contributed by atoms with Gasteiger partial charge in [-0.3, -0.25) is 4.79 Å². The number of nitrogens with zero attached hydrogens (tertiary/aromatic N) is 2. The van der Waals surface area contributed by atoms with E-state index >= 15 is 0 Å². The van der Waals surface area contributed by atoms with Crippen LogP contribution in [0.5, 0.6) is 0 Å². The molecule has 0 spiro atoms. The van der Waals surface area contributed by atoms with Crippen LogP contribution in [-0.2, 0) is 22.9 Å². The van der Waals surface area contributed by atoms with Gasteiger partial charge in [0.2, 0.25) is 10.0 Å². The second kappa shape index (κ2) is 9.47. The molecule has 1 heterocycles. The summed E-state index contributed by atoms with van der Waals surface area (Å²) in [6.45, 7) is 6.25. The average molecular weight is 450 g/mol. The Morgan fingerprint density at radius 3 is 2.20 bits per heavy atom. The maximum atomic E-state index is 13.1. The number of likely N-dealkylation sites (N-methyl/N-ethyl adjacent to an activating group) is 1. The third kappa shape index (κ3) is 4.70. The predicted octanol–water partition coefficient (Wildman–Crippen LogP) is 3.65. The van der Waals surface area contributed by atoms with Crippen molar-refractivity contribution in [2.45, 2.75) is 31.6 Å². The molecule has 1 N–H and O–H groups in total. The van der Waals surface area contributed by atoms with Crippen molar-refractivity contribution in [2.24, 2.45) is 0 Å². The zero-order valence-corrected chi connectivity index (χ0v) is 19.2. The Kier molecular flexibility index (Phi) is 7.18. The van der Waals surface area contributed by atoms with Crippen molar-refractivity contribution in [3.8, 4) is 0 Å². The minimum Gasteiger partial charge on any atom is -0.321 e. The van der Waals surface area contributed by atoms with Crippen molar-refractivity contribution in [1.82, 2.24) is 9.21 Å². The molecule has 30 heavy (non-hydrogen) atoms. The topological polar surface area (TPSA) is 69.7 Å².